The van der Waals surface area contributed by atoms with Gasteiger partial charge in [-0.15, -0.1) is 0 Å². The Bertz CT molecular complexity index is 120. The van der Waals surface area contributed by atoms with E-state index in [-0.39, 0.29) is 0 Å². The molecule has 0 amide bonds. The molecule has 0 aromatic carbocycles. The summed E-state index contributed by atoms with van der Waals surface area (Å²) in [5, 5.41) is 3.91. The first-order chi connectivity index (χ1) is 5.75. The molecule has 3 N–H and O–H groups in total. The van der Waals surface area contributed by atoms with Crippen LogP contribution in [0, 0.1) is 11.8 Å². The van der Waals surface area contributed by atoms with Crippen LogP contribution in [0.2, 0.25) is 0 Å². The summed E-state index contributed by atoms with van der Waals surface area (Å²) < 4.78 is 0. The largest absolute Gasteiger partial charge is 0.330 e. The average Bonchev–Trinajstić information content (AvgIpc) is 2.04. The minimum atomic E-state index is 0.528. The van der Waals surface area contributed by atoms with E-state index in [9.17, 15) is 0 Å². The Morgan fingerprint density at radius 3 is 2.83 bits per heavy atom. The van der Waals surface area contributed by atoms with Gasteiger partial charge < -0.3 is 11.1 Å². The lowest BCUT2D eigenvalue weighted by molar-refractivity contribution is 0.265. The second-order valence-electron chi connectivity index (χ2n) is 3.80. The lowest BCUT2D eigenvalue weighted by Crippen LogP contribution is -2.43. The maximum atomic E-state index is 5.50. The van der Waals surface area contributed by atoms with Gasteiger partial charge in [0.05, 0.1) is 0 Å². The smallest absolute Gasteiger partial charge is 0.0173 e. The first kappa shape index (κ1) is 10.4. The fraction of sp³-hybridized carbons (Fsp3) is 1.00. The Balaban J connectivity index is 2.34. The number of piperidine rings is 1. The number of nitrogens with two attached hydrogens (primary N) is 1. The predicted molar refractivity (Wildman–Crippen MR) is 56.6 cm³/mol. The summed E-state index contributed by atoms with van der Waals surface area (Å²) in [5.74, 6) is 1.52. The highest BCUT2D eigenvalue weighted by molar-refractivity contribution is 7.81. The fourth-order valence-electron chi connectivity index (χ4n) is 1.97. The van der Waals surface area contributed by atoms with Crippen molar-refractivity contribution in [2.75, 3.05) is 19.6 Å². The van der Waals surface area contributed by atoms with Crippen LogP contribution in [0.3, 0.4) is 0 Å². The SMILES string of the molecule is CC1CNCC(S)C1CCCN. The van der Waals surface area contributed by atoms with Crippen LogP contribution in [-0.2, 0) is 0 Å². The highest BCUT2D eigenvalue weighted by Crippen LogP contribution is 2.26. The van der Waals surface area contributed by atoms with E-state index in [4.69, 9.17) is 5.73 Å². The summed E-state index contributed by atoms with van der Waals surface area (Å²) in [6.45, 7) is 5.32. The molecule has 12 heavy (non-hydrogen) atoms. The minimum Gasteiger partial charge on any atom is -0.330 e. The maximum absolute atomic E-state index is 5.50. The third kappa shape index (κ3) is 2.64. The van der Waals surface area contributed by atoms with Crippen molar-refractivity contribution in [1.29, 1.82) is 0 Å². The number of nitrogens with one attached hydrogen (secondary N) is 1. The zero-order valence-corrected chi connectivity index (χ0v) is 8.69. The Morgan fingerprint density at radius 1 is 1.50 bits per heavy atom. The number of hydrogen-bond acceptors (Lipinski definition) is 3. The molecule has 1 fully saturated rings. The van der Waals surface area contributed by atoms with Crippen LogP contribution in [0.5, 0.6) is 0 Å². The number of rotatable bonds is 3. The van der Waals surface area contributed by atoms with Crippen molar-refractivity contribution in [2.24, 2.45) is 17.6 Å². The van der Waals surface area contributed by atoms with Crippen molar-refractivity contribution in [2.45, 2.75) is 25.0 Å². The summed E-state index contributed by atoms with van der Waals surface area (Å²) in [6.07, 6.45) is 2.39. The van der Waals surface area contributed by atoms with Crippen LogP contribution < -0.4 is 11.1 Å². The topological polar surface area (TPSA) is 38.0 Å². The van der Waals surface area contributed by atoms with Gasteiger partial charge in [-0.1, -0.05) is 6.92 Å². The lowest BCUT2D eigenvalue weighted by Gasteiger charge is -2.34. The summed E-state index contributed by atoms with van der Waals surface area (Å²) in [4.78, 5) is 0. The van der Waals surface area contributed by atoms with E-state index in [1.165, 1.54) is 6.42 Å². The lowest BCUT2D eigenvalue weighted by atomic mass is 9.84. The quantitative estimate of drug-likeness (QED) is 0.575. The van der Waals surface area contributed by atoms with E-state index in [1.54, 1.807) is 0 Å². The fourth-order valence-corrected chi connectivity index (χ4v) is 2.54. The maximum Gasteiger partial charge on any atom is 0.0173 e. The molecule has 1 heterocycles. The van der Waals surface area contributed by atoms with Gasteiger partial charge in [0.15, 0.2) is 0 Å². The molecule has 1 saturated heterocycles. The molecule has 0 aromatic heterocycles. The van der Waals surface area contributed by atoms with Gasteiger partial charge in [0.25, 0.3) is 0 Å². The van der Waals surface area contributed by atoms with Crippen LogP contribution in [0.15, 0.2) is 0 Å². The summed E-state index contributed by atoms with van der Waals surface area (Å²) in [5.41, 5.74) is 5.50. The highest BCUT2D eigenvalue weighted by Gasteiger charge is 2.27. The monoisotopic (exact) mass is 188 g/mol. The van der Waals surface area contributed by atoms with E-state index in [1.807, 2.05) is 0 Å². The Morgan fingerprint density at radius 2 is 2.25 bits per heavy atom. The van der Waals surface area contributed by atoms with Crippen LogP contribution in [0.1, 0.15) is 19.8 Å². The molecule has 0 radical (unpaired) electrons. The molecule has 0 bridgehead atoms. The van der Waals surface area contributed by atoms with Gasteiger partial charge >= 0.3 is 0 Å². The second-order valence-corrected chi connectivity index (χ2v) is 4.46. The molecule has 0 aromatic rings. The summed E-state index contributed by atoms with van der Waals surface area (Å²) in [6, 6.07) is 0. The summed E-state index contributed by atoms with van der Waals surface area (Å²) >= 11 is 4.59. The van der Waals surface area contributed by atoms with Crippen molar-refractivity contribution in [3.05, 3.63) is 0 Å². The molecule has 3 heteroatoms. The minimum absolute atomic E-state index is 0.528. The van der Waals surface area contributed by atoms with Gasteiger partial charge in [-0.2, -0.15) is 12.6 Å². The van der Waals surface area contributed by atoms with Gasteiger partial charge in [0.2, 0.25) is 0 Å². The zero-order chi connectivity index (χ0) is 8.97. The molecule has 1 aliphatic rings. The van der Waals surface area contributed by atoms with Crippen LogP contribution in [0.25, 0.3) is 0 Å². The van der Waals surface area contributed by atoms with Crippen molar-refractivity contribution in [3.63, 3.8) is 0 Å². The molecule has 0 spiro atoms. The van der Waals surface area contributed by atoms with Crippen molar-refractivity contribution < 1.29 is 0 Å². The molecule has 3 atom stereocenters. The molecule has 72 valence electrons. The van der Waals surface area contributed by atoms with Crippen LogP contribution >= 0.6 is 12.6 Å². The van der Waals surface area contributed by atoms with Crippen molar-refractivity contribution >= 4 is 12.6 Å². The molecular weight excluding hydrogens is 168 g/mol. The van der Waals surface area contributed by atoms with E-state index in [0.717, 1.165) is 37.9 Å². The van der Waals surface area contributed by atoms with E-state index in [2.05, 4.69) is 24.9 Å². The van der Waals surface area contributed by atoms with Gasteiger partial charge in [0, 0.05) is 11.8 Å². The number of thiol groups is 1. The number of hydrogen-bond donors (Lipinski definition) is 3. The van der Waals surface area contributed by atoms with Crippen LogP contribution in [0.4, 0.5) is 0 Å². The standard InChI is InChI=1S/C9H20N2S/c1-7-5-11-6-9(12)8(7)3-2-4-10/h7-9,11-12H,2-6,10H2,1H3. The van der Waals surface area contributed by atoms with Crippen LogP contribution in [-0.4, -0.2) is 24.9 Å². The van der Waals surface area contributed by atoms with E-state index in [0.29, 0.717) is 5.25 Å². The molecule has 0 saturated carbocycles. The predicted octanol–water partition coefficient (Wildman–Crippen LogP) is 0.879. The second kappa shape index (κ2) is 5.10. The molecule has 1 aliphatic heterocycles. The summed E-state index contributed by atoms with van der Waals surface area (Å²) in [7, 11) is 0. The van der Waals surface area contributed by atoms with Gasteiger partial charge in [-0.3, -0.25) is 0 Å². The highest BCUT2D eigenvalue weighted by atomic mass is 32.1. The molecule has 1 rings (SSSR count). The zero-order valence-electron chi connectivity index (χ0n) is 7.79. The Labute approximate surface area is 80.7 Å². The van der Waals surface area contributed by atoms with Gasteiger partial charge in [-0.05, 0) is 37.8 Å². The third-order valence-corrected chi connectivity index (χ3v) is 3.35. The van der Waals surface area contributed by atoms with E-state index < -0.39 is 0 Å². The first-order valence-corrected chi connectivity index (χ1v) is 5.36. The first-order valence-electron chi connectivity index (χ1n) is 4.84. The normalized spacial score (nSPS) is 36.8. The Kier molecular flexibility index (Phi) is 4.40. The molecule has 3 unspecified atom stereocenters. The molecule has 0 aliphatic carbocycles. The third-order valence-electron chi connectivity index (χ3n) is 2.79. The van der Waals surface area contributed by atoms with Gasteiger partial charge in [0.1, 0.15) is 0 Å². The van der Waals surface area contributed by atoms with Crippen molar-refractivity contribution in [1.82, 2.24) is 5.32 Å². The van der Waals surface area contributed by atoms with E-state index >= 15 is 0 Å². The molecule has 2 nitrogen and oxygen atoms in total. The average molecular weight is 188 g/mol. The van der Waals surface area contributed by atoms with Gasteiger partial charge in [-0.25, -0.2) is 0 Å². The molecular formula is C9H20N2S. The van der Waals surface area contributed by atoms with Crippen molar-refractivity contribution in [3.8, 4) is 0 Å². The Hall–Kier alpha value is 0.270.